The van der Waals surface area contributed by atoms with Gasteiger partial charge in [-0.1, -0.05) is 137 Å². The molecule has 2 unspecified atom stereocenters. The second kappa shape index (κ2) is 19.4. The van der Waals surface area contributed by atoms with E-state index in [1.807, 2.05) is 20.8 Å². The van der Waals surface area contributed by atoms with Crippen molar-refractivity contribution in [2.45, 2.75) is 166 Å². The zero-order valence-electron chi connectivity index (χ0n) is 29.2. The smallest absolute Gasteiger partial charge is 0.0286 e. The fourth-order valence-electron chi connectivity index (χ4n) is 5.14. The Hall–Kier alpha value is -1.74. The lowest BCUT2D eigenvalue weighted by atomic mass is 9.48. The van der Waals surface area contributed by atoms with Crippen LogP contribution in [-0.2, 0) is 12.8 Å². The van der Waals surface area contributed by atoms with E-state index in [0.717, 1.165) is 30.7 Å². The SMILES string of the molecule is C#Cc1cc(CCCCC)cc2c1C1C=C(C)CCC1(C)C(C)(C)C2.C1CC1.C=C(C)CC.CC.CCC(C)C. The van der Waals surface area contributed by atoms with E-state index in [-0.39, 0.29) is 0 Å². The highest BCUT2D eigenvalue weighted by Crippen LogP contribution is 2.61. The number of unbranched alkanes of at least 4 members (excludes halogenated alkanes) is 2. The molecule has 0 bridgehead atoms. The standard InChI is InChI=1S/C25H34.C5H12.C5H10.C3H6.C2H6/c1-7-9-10-11-19-15-20(8-2)23-21(16-19)17-24(4,5)25(6)13-12-18(3)14-22(23)25;2*1-4-5(2)3;1-2-3-1;1-2/h2,14-16,22H,7,9-13,17H2,1,3-6H3;5H,4H2,1-3H3;2,4H2,1,3H3;1-3H2;1-2H3. The Balaban J connectivity index is 0.000000833. The van der Waals surface area contributed by atoms with E-state index in [9.17, 15) is 0 Å². The molecule has 0 aromatic heterocycles. The highest BCUT2D eigenvalue weighted by molar-refractivity contribution is 5.54. The zero-order chi connectivity index (χ0) is 30.9. The molecule has 0 N–H and O–H groups in total. The maximum atomic E-state index is 5.99. The quantitative estimate of drug-likeness (QED) is 0.188. The molecular weight excluding hydrogens is 480 g/mol. The van der Waals surface area contributed by atoms with E-state index in [2.05, 4.69) is 93.0 Å². The van der Waals surface area contributed by atoms with Crippen molar-refractivity contribution < 1.29 is 0 Å². The molecule has 228 valence electrons. The van der Waals surface area contributed by atoms with Crippen molar-refractivity contribution in [1.29, 1.82) is 0 Å². The summed E-state index contributed by atoms with van der Waals surface area (Å²) in [5.41, 5.74) is 8.96. The summed E-state index contributed by atoms with van der Waals surface area (Å²) in [6.45, 7) is 30.4. The number of aryl methyl sites for hydroxylation is 1. The average Bonchev–Trinajstić information content (AvgIpc) is 3.81. The maximum Gasteiger partial charge on any atom is 0.0286 e. The highest BCUT2D eigenvalue weighted by Gasteiger charge is 2.51. The van der Waals surface area contributed by atoms with Gasteiger partial charge in [-0.2, -0.15) is 0 Å². The second-order valence-electron chi connectivity index (χ2n) is 13.5. The second-order valence-corrected chi connectivity index (χ2v) is 13.5. The van der Waals surface area contributed by atoms with E-state index in [1.54, 1.807) is 0 Å². The molecule has 0 spiro atoms. The molecule has 3 aliphatic rings. The summed E-state index contributed by atoms with van der Waals surface area (Å²) in [4.78, 5) is 0. The number of terminal acetylenes is 1. The number of benzene rings is 1. The van der Waals surface area contributed by atoms with Gasteiger partial charge in [-0.05, 0) is 91.9 Å². The molecule has 4 rings (SSSR count). The van der Waals surface area contributed by atoms with Crippen molar-refractivity contribution in [1.82, 2.24) is 0 Å². The van der Waals surface area contributed by atoms with Gasteiger partial charge in [-0.3, -0.25) is 0 Å². The van der Waals surface area contributed by atoms with Crippen LogP contribution < -0.4 is 0 Å². The lowest BCUT2D eigenvalue weighted by Gasteiger charge is -2.55. The molecule has 0 aliphatic heterocycles. The van der Waals surface area contributed by atoms with E-state index in [0.29, 0.717) is 16.7 Å². The monoisotopic (exact) mass is 549 g/mol. The predicted octanol–water partition coefficient (Wildman–Crippen LogP) is 13.0. The minimum absolute atomic E-state index is 0.300. The maximum absolute atomic E-state index is 5.99. The molecule has 0 nitrogen and oxygen atoms in total. The molecule has 0 radical (unpaired) electrons. The highest BCUT2D eigenvalue weighted by atomic mass is 14.5. The number of allylic oxidation sites excluding steroid dienone is 3. The Morgan fingerprint density at radius 1 is 1.05 bits per heavy atom. The number of fused-ring (bicyclic) bond motifs is 3. The van der Waals surface area contributed by atoms with Crippen LogP contribution in [0.2, 0.25) is 0 Å². The Morgan fingerprint density at radius 2 is 1.60 bits per heavy atom. The molecule has 2 atom stereocenters. The van der Waals surface area contributed by atoms with Crippen LogP contribution in [0.4, 0.5) is 0 Å². The summed E-state index contributed by atoms with van der Waals surface area (Å²) < 4.78 is 0. The summed E-state index contributed by atoms with van der Waals surface area (Å²) in [6.07, 6.45) is 24.1. The van der Waals surface area contributed by atoms with Gasteiger partial charge in [0.2, 0.25) is 0 Å². The average molecular weight is 549 g/mol. The summed E-state index contributed by atoms with van der Waals surface area (Å²) in [5, 5.41) is 0. The number of hydrogen-bond acceptors (Lipinski definition) is 0. The van der Waals surface area contributed by atoms with Crippen LogP contribution in [0.3, 0.4) is 0 Å². The van der Waals surface area contributed by atoms with Crippen LogP contribution in [0.15, 0.2) is 35.9 Å². The van der Waals surface area contributed by atoms with Gasteiger partial charge in [0.1, 0.15) is 0 Å². The first-order chi connectivity index (χ1) is 18.9. The number of rotatable bonds is 6. The van der Waals surface area contributed by atoms with Crippen LogP contribution >= 0.6 is 0 Å². The van der Waals surface area contributed by atoms with Crippen LogP contribution in [-0.4, -0.2) is 0 Å². The molecule has 1 saturated carbocycles. The van der Waals surface area contributed by atoms with E-state index < -0.39 is 0 Å². The summed E-state index contributed by atoms with van der Waals surface area (Å²) >= 11 is 0. The topological polar surface area (TPSA) is 0 Å². The normalized spacial score (nSPS) is 21.0. The van der Waals surface area contributed by atoms with Gasteiger partial charge in [0, 0.05) is 11.5 Å². The van der Waals surface area contributed by atoms with Gasteiger partial charge >= 0.3 is 0 Å². The Kier molecular flexibility index (Phi) is 18.5. The zero-order valence-corrected chi connectivity index (χ0v) is 29.2. The van der Waals surface area contributed by atoms with Gasteiger partial charge in [0.15, 0.2) is 0 Å². The molecule has 1 aromatic carbocycles. The fourth-order valence-corrected chi connectivity index (χ4v) is 5.14. The van der Waals surface area contributed by atoms with Crippen LogP contribution in [0.5, 0.6) is 0 Å². The van der Waals surface area contributed by atoms with Crippen LogP contribution in [0, 0.1) is 29.1 Å². The van der Waals surface area contributed by atoms with Crippen molar-refractivity contribution in [3.05, 3.63) is 58.2 Å². The molecule has 0 heterocycles. The predicted molar refractivity (Wildman–Crippen MR) is 184 cm³/mol. The molecule has 0 saturated heterocycles. The Bertz CT molecular complexity index is 927. The minimum atomic E-state index is 0.300. The summed E-state index contributed by atoms with van der Waals surface area (Å²) in [6, 6.07) is 4.79. The van der Waals surface area contributed by atoms with Crippen molar-refractivity contribution in [3.63, 3.8) is 0 Å². The van der Waals surface area contributed by atoms with Gasteiger partial charge in [-0.15, -0.1) is 13.0 Å². The van der Waals surface area contributed by atoms with E-state index in [1.165, 1.54) is 85.6 Å². The van der Waals surface area contributed by atoms with Crippen LogP contribution in [0.25, 0.3) is 0 Å². The third-order valence-corrected chi connectivity index (χ3v) is 8.99. The third kappa shape index (κ3) is 12.4. The van der Waals surface area contributed by atoms with Gasteiger partial charge in [0.25, 0.3) is 0 Å². The lowest BCUT2D eigenvalue weighted by Crippen LogP contribution is -2.46. The molecule has 3 aliphatic carbocycles. The van der Waals surface area contributed by atoms with E-state index in [4.69, 9.17) is 6.42 Å². The molecule has 0 amide bonds. The molecule has 1 fully saturated rings. The largest absolute Gasteiger partial charge is 0.115 e. The first-order valence-corrected chi connectivity index (χ1v) is 16.8. The molecule has 0 heteroatoms. The van der Waals surface area contributed by atoms with Crippen molar-refractivity contribution in [3.8, 4) is 12.3 Å². The summed E-state index contributed by atoms with van der Waals surface area (Å²) in [7, 11) is 0. The van der Waals surface area contributed by atoms with E-state index >= 15 is 0 Å². The molecule has 40 heavy (non-hydrogen) atoms. The van der Waals surface area contributed by atoms with Crippen molar-refractivity contribution in [2.24, 2.45) is 16.7 Å². The Labute approximate surface area is 252 Å². The van der Waals surface area contributed by atoms with Crippen molar-refractivity contribution in [2.75, 3.05) is 0 Å². The molecule has 1 aromatic rings. The third-order valence-electron chi connectivity index (χ3n) is 8.99. The van der Waals surface area contributed by atoms with Gasteiger partial charge < -0.3 is 0 Å². The van der Waals surface area contributed by atoms with Gasteiger partial charge in [0.05, 0.1) is 0 Å². The molecular formula is C40H68. The van der Waals surface area contributed by atoms with Crippen molar-refractivity contribution >= 4 is 0 Å². The van der Waals surface area contributed by atoms with Crippen LogP contribution in [0.1, 0.15) is 175 Å². The first-order valence-electron chi connectivity index (χ1n) is 16.8. The lowest BCUT2D eigenvalue weighted by molar-refractivity contribution is 0.0421. The minimum Gasteiger partial charge on any atom is -0.115 e. The number of hydrogen-bond donors (Lipinski definition) is 0. The fraction of sp³-hybridized carbons (Fsp3) is 0.700. The Morgan fingerprint density at radius 3 is 2.02 bits per heavy atom. The van der Waals surface area contributed by atoms with Gasteiger partial charge in [-0.25, -0.2) is 0 Å². The summed E-state index contributed by atoms with van der Waals surface area (Å²) in [5.74, 6) is 4.40. The first kappa shape index (κ1) is 38.3.